The van der Waals surface area contributed by atoms with E-state index in [0.717, 1.165) is 27.9 Å². The van der Waals surface area contributed by atoms with Crippen LogP contribution in [-0.2, 0) is 42.9 Å². The quantitative estimate of drug-likeness (QED) is 0.170. The Kier molecular flexibility index (Phi) is 11.1. The highest BCUT2D eigenvalue weighted by atomic mass is 16.7. The number of amides is 1. The number of benzene rings is 1. The molecule has 5 rings (SSSR count). The molecule has 3 aromatic heterocycles. The number of rotatable bonds is 10. The normalized spacial score (nSPS) is 20.2. The average molecular weight is 718 g/mol. The minimum atomic E-state index is -1.68. The molecule has 0 saturated carbocycles. The van der Waals surface area contributed by atoms with Gasteiger partial charge in [-0.05, 0) is 25.1 Å². The number of fused-ring (bicyclic) bond motifs is 1. The smallest absolute Gasteiger partial charge is 0.339 e. The number of anilines is 1. The minimum absolute atomic E-state index is 0.0299. The second kappa shape index (κ2) is 15.7. The molecule has 0 spiro atoms. The standard InChI is InChI=1S/C34H35N7O11/c1-18(11-13-35)41-16-22(15-38-41)26-23-12-14-40(31(23)37-17-36-26)34(46)39(5)24-9-7-8-10-25(24)51-33-30(50-21(4)44)28(49-20(3)43)27(48-19(2)42)29(52-33)32(45)47-6/h7-10,12,14-18,27-30,33H,11H2,1-6H3/t18-,27-,28-,29-,30+,33+/m0/s1. The number of carbonyl (C=O) groups excluding carboxylic acids is 5. The zero-order valence-electron chi connectivity index (χ0n) is 29.0. The third-order valence-corrected chi connectivity index (χ3v) is 7.99. The molecule has 1 aliphatic heterocycles. The maximum atomic E-state index is 14.0. The van der Waals surface area contributed by atoms with Gasteiger partial charge in [-0.1, -0.05) is 12.1 Å². The van der Waals surface area contributed by atoms with Crippen molar-refractivity contribution >= 4 is 46.6 Å². The molecule has 1 saturated heterocycles. The molecule has 0 unspecified atom stereocenters. The Hall–Kier alpha value is -6.35. The Morgan fingerprint density at radius 1 is 0.981 bits per heavy atom. The lowest BCUT2D eigenvalue weighted by molar-refractivity contribution is -0.282. The van der Waals surface area contributed by atoms with Gasteiger partial charge < -0.3 is 28.4 Å². The summed E-state index contributed by atoms with van der Waals surface area (Å²) in [4.78, 5) is 73.4. The summed E-state index contributed by atoms with van der Waals surface area (Å²) in [5.74, 6) is -3.49. The van der Waals surface area contributed by atoms with Gasteiger partial charge in [-0.15, -0.1) is 0 Å². The number of nitriles is 1. The van der Waals surface area contributed by atoms with Crippen LogP contribution in [0.4, 0.5) is 10.5 Å². The molecule has 4 heterocycles. The summed E-state index contributed by atoms with van der Waals surface area (Å²) in [6, 6.07) is 9.42. The second-order valence-electron chi connectivity index (χ2n) is 11.7. The van der Waals surface area contributed by atoms with Crippen molar-refractivity contribution in [3.05, 3.63) is 55.2 Å². The maximum absolute atomic E-state index is 14.0. The van der Waals surface area contributed by atoms with Crippen LogP contribution in [0.15, 0.2) is 55.2 Å². The van der Waals surface area contributed by atoms with Gasteiger partial charge in [0.15, 0.2) is 24.0 Å². The monoisotopic (exact) mass is 717 g/mol. The Bertz CT molecular complexity index is 2040. The van der Waals surface area contributed by atoms with Gasteiger partial charge in [0, 0.05) is 51.2 Å². The van der Waals surface area contributed by atoms with Gasteiger partial charge in [-0.25, -0.2) is 19.6 Å². The highest BCUT2D eigenvalue weighted by Crippen LogP contribution is 2.35. The predicted octanol–water partition coefficient (Wildman–Crippen LogP) is 2.95. The Labute approximate surface area is 296 Å². The summed E-state index contributed by atoms with van der Waals surface area (Å²) in [5.41, 5.74) is 1.70. The van der Waals surface area contributed by atoms with Crippen molar-refractivity contribution in [2.24, 2.45) is 0 Å². The Morgan fingerprint density at radius 3 is 2.33 bits per heavy atom. The van der Waals surface area contributed by atoms with Crippen molar-refractivity contribution in [2.45, 2.75) is 70.9 Å². The third kappa shape index (κ3) is 7.68. The van der Waals surface area contributed by atoms with Gasteiger partial charge in [0.25, 0.3) is 0 Å². The fourth-order valence-corrected chi connectivity index (χ4v) is 5.66. The van der Waals surface area contributed by atoms with Crippen molar-refractivity contribution < 1.29 is 52.4 Å². The predicted molar refractivity (Wildman–Crippen MR) is 177 cm³/mol. The Balaban J connectivity index is 1.48. The number of ether oxygens (including phenoxy) is 6. The molecule has 0 aliphatic carbocycles. The van der Waals surface area contributed by atoms with Crippen molar-refractivity contribution in [1.29, 1.82) is 5.26 Å². The molecule has 0 bridgehead atoms. The van der Waals surface area contributed by atoms with Gasteiger partial charge in [0.1, 0.15) is 12.1 Å². The summed E-state index contributed by atoms with van der Waals surface area (Å²) in [6.45, 7) is 5.11. The van der Waals surface area contributed by atoms with Crippen molar-refractivity contribution in [2.75, 3.05) is 19.1 Å². The average Bonchev–Trinajstić information content (AvgIpc) is 3.78. The molecule has 1 amide bonds. The van der Waals surface area contributed by atoms with Crippen LogP contribution in [0.25, 0.3) is 22.3 Å². The van der Waals surface area contributed by atoms with E-state index in [0.29, 0.717) is 22.3 Å². The first-order valence-electron chi connectivity index (χ1n) is 15.9. The molecule has 6 atom stereocenters. The molecule has 52 heavy (non-hydrogen) atoms. The topological polar surface area (TPSA) is 216 Å². The Morgan fingerprint density at radius 2 is 1.65 bits per heavy atom. The van der Waals surface area contributed by atoms with Gasteiger partial charge in [-0.3, -0.25) is 28.5 Å². The maximum Gasteiger partial charge on any atom is 0.339 e. The molecule has 1 aliphatic rings. The van der Waals surface area contributed by atoms with E-state index in [1.807, 2.05) is 6.92 Å². The van der Waals surface area contributed by atoms with Crippen molar-refractivity contribution in [1.82, 2.24) is 24.3 Å². The van der Waals surface area contributed by atoms with Gasteiger partial charge >= 0.3 is 29.9 Å². The summed E-state index contributed by atoms with van der Waals surface area (Å²) in [5, 5.41) is 14.0. The fourth-order valence-electron chi connectivity index (χ4n) is 5.66. The number of hydrogen-bond acceptors (Lipinski definition) is 15. The third-order valence-electron chi connectivity index (χ3n) is 7.99. The fraction of sp³-hybridized carbons (Fsp3) is 0.382. The zero-order valence-corrected chi connectivity index (χ0v) is 29.0. The van der Waals surface area contributed by atoms with Gasteiger partial charge in [0.05, 0.1) is 43.2 Å². The van der Waals surface area contributed by atoms with Crippen LogP contribution >= 0.6 is 0 Å². The minimum Gasteiger partial charge on any atom is -0.467 e. The first-order chi connectivity index (χ1) is 24.8. The molecule has 4 aromatic rings. The van der Waals surface area contributed by atoms with E-state index in [-0.39, 0.29) is 23.9 Å². The van der Waals surface area contributed by atoms with Gasteiger partial charge in [-0.2, -0.15) is 10.4 Å². The molecule has 1 aromatic carbocycles. The number of nitrogens with zero attached hydrogens (tertiary/aromatic N) is 7. The van der Waals surface area contributed by atoms with Crippen LogP contribution in [0.1, 0.15) is 40.2 Å². The molecular formula is C34H35N7O11. The molecule has 18 heteroatoms. The van der Waals surface area contributed by atoms with Crippen LogP contribution in [0.5, 0.6) is 5.75 Å². The molecule has 0 N–H and O–H groups in total. The summed E-state index contributed by atoms with van der Waals surface area (Å²) >= 11 is 0. The lowest BCUT2D eigenvalue weighted by atomic mass is 9.97. The zero-order chi connectivity index (χ0) is 37.7. The number of carbonyl (C=O) groups is 5. The van der Waals surface area contributed by atoms with E-state index >= 15 is 0 Å². The number of methoxy groups -OCH3 is 1. The van der Waals surface area contributed by atoms with E-state index < -0.39 is 60.6 Å². The van der Waals surface area contributed by atoms with E-state index in [1.54, 1.807) is 41.3 Å². The molecule has 18 nitrogen and oxygen atoms in total. The first-order valence-corrected chi connectivity index (χ1v) is 15.9. The number of para-hydroxylation sites is 2. The SMILES string of the molecule is COC(=O)[C@H]1O[C@@H](Oc2ccccc2N(C)C(=O)n2ccc3c(-c4cnn([C@@H](C)CC#N)c4)ncnc32)[C@H](OC(C)=O)[C@@H](OC(C)=O)[C@@H]1OC(C)=O. The van der Waals surface area contributed by atoms with Crippen LogP contribution in [0.2, 0.25) is 0 Å². The lowest BCUT2D eigenvalue weighted by Gasteiger charge is -2.43. The lowest BCUT2D eigenvalue weighted by Crippen LogP contribution is -2.64. The number of hydrogen-bond donors (Lipinski definition) is 0. The van der Waals surface area contributed by atoms with Crippen molar-refractivity contribution in [3.8, 4) is 23.1 Å². The van der Waals surface area contributed by atoms with Crippen LogP contribution in [0.3, 0.4) is 0 Å². The van der Waals surface area contributed by atoms with Crippen LogP contribution < -0.4 is 9.64 Å². The van der Waals surface area contributed by atoms with E-state index in [2.05, 4.69) is 21.1 Å². The summed E-state index contributed by atoms with van der Waals surface area (Å²) in [7, 11) is 2.56. The van der Waals surface area contributed by atoms with Gasteiger partial charge in [0.2, 0.25) is 12.4 Å². The van der Waals surface area contributed by atoms with E-state index in [1.165, 1.54) is 35.1 Å². The molecule has 272 valence electrons. The molecule has 0 radical (unpaired) electrons. The highest BCUT2D eigenvalue weighted by molar-refractivity contribution is 6.02. The van der Waals surface area contributed by atoms with E-state index in [9.17, 15) is 24.0 Å². The first kappa shape index (κ1) is 36.9. The summed E-state index contributed by atoms with van der Waals surface area (Å²) in [6.07, 6.45) is -1.51. The largest absolute Gasteiger partial charge is 0.467 e. The molecule has 1 fully saturated rings. The van der Waals surface area contributed by atoms with Crippen molar-refractivity contribution in [3.63, 3.8) is 0 Å². The highest BCUT2D eigenvalue weighted by Gasteiger charge is 2.56. The number of esters is 4. The van der Waals surface area contributed by atoms with Crippen LogP contribution in [0, 0.1) is 11.3 Å². The van der Waals surface area contributed by atoms with Crippen LogP contribution in [-0.4, -0.2) is 99.1 Å². The molecular weight excluding hydrogens is 682 g/mol. The second-order valence-corrected chi connectivity index (χ2v) is 11.7. The number of aromatic nitrogens is 5. The van der Waals surface area contributed by atoms with E-state index in [4.69, 9.17) is 33.7 Å². The summed E-state index contributed by atoms with van der Waals surface area (Å²) < 4.78 is 36.1.